The monoisotopic (exact) mass is 254 g/mol. The third-order valence-corrected chi connectivity index (χ3v) is 1.98. The molecule has 0 aromatic carbocycles. The van der Waals surface area contributed by atoms with Gasteiger partial charge in [0, 0.05) is 6.04 Å². The van der Waals surface area contributed by atoms with Gasteiger partial charge < -0.3 is 21.1 Å². The highest BCUT2D eigenvalue weighted by molar-refractivity contribution is 5.83. The van der Waals surface area contributed by atoms with Gasteiger partial charge in [-0.25, -0.2) is 0 Å². The molecule has 1 aromatic rings. The molecule has 1 aromatic heterocycles. The van der Waals surface area contributed by atoms with Crippen molar-refractivity contribution in [3.63, 3.8) is 0 Å². The summed E-state index contributed by atoms with van der Waals surface area (Å²) >= 11 is 0. The predicted octanol–water partition coefficient (Wildman–Crippen LogP) is -0.213. The van der Waals surface area contributed by atoms with Crippen molar-refractivity contribution < 1.29 is 9.53 Å². The highest BCUT2D eigenvalue weighted by atomic mass is 16.5. The topological polar surface area (TPSA) is 115 Å². The van der Waals surface area contributed by atoms with E-state index >= 15 is 0 Å². The minimum absolute atomic E-state index is 0.0285. The highest BCUT2D eigenvalue weighted by Gasteiger charge is 2.15. The number of methoxy groups -OCH3 is 1. The number of nitrogens with one attached hydrogen (secondary N) is 2. The average molecular weight is 254 g/mol. The van der Waals surface area contributed by atoms with Gasteiger partial charge in [-0.2, -0.15) is 15.0 Å². The van der Waals surface area contributed by atoms with Crippen molar-refractivity contribution in [2.45, 2.75) is 32.9 Å². The molecule has 1 amide bonds. The van der Waals surface area contributed by atoms with Crippen LogP contribution in [0.1, 0.15) is 20.8 Å². The van der Waals surface area contributed by atoms with E-state index in [4.69, 9.17) is 10.5 Å². The summed E-state index contributed by atoms with van der Waals surface area (Å²) in [6.45, 7) is 5.47. The molecule has 8 nitrogen and oxygen atoms in total. The second kappa shape index (κ2) is 5.99. The van der Waals surface area contributed by atoms with E-state index in [0.29, 0.717) is 0 Å². The van der Waals surface area contributed by atoms with Crippen LogP contribution < -0.4 is 21.1 Å². The Morgan fingerprint density at radius 2 is 1.94 bits per heavy atom. The van der Waals surface area contributed by atoms with Crippen LogP contribution in [0.5, 0.6) is 6.01 Å². The Morgan fingerprint density at radius 3 is 2.50 bits per heavy atom. The van der Waals surface area contributed by atoms with Crippen molar-refractivity contribution in [2.24, 2.45) is 0 Å². The molecule has 1 atom stereocenters. The van der Waals surface area contributed by atoms with Crippen LogP contribution in [-0.4, -0.2) is 40.1 Å². The molecule has 0 aliphatic heterocycles. The molecular weight excluding hydrogens is 236 g/mol. The molecule has 18 heavy (non-hydrogen) atoms. The Labute approximate surface area is 105 Å². The van der Waals surface area contributed by atoms with E-state index in [1.54, 1.807) is 6.92 Å². The van der Waals surface area contributed by atoms with Crippen molar-refractivity contribution in [3.05, 3.63) is 0 Å². The number of nitrogen functional groups attached to an aromatic ring is 1. The summed E-state index contributed by atoms with van der Waals surface area (Å²) in [5, 5.41) is 5.60. The molecular formula is C10H18N6O2. The summed E-state index contributed by atoms with van der Waals surface area (Å²) in [6, 6.07) is -0.319. The summed E-state index contributed by atoms with van der Waals surface area (Å²) < 4.78 is 4.86. The molecule has 0 fully saturated rings. The number of hydrogen-bond acceptors (Lipinski definition) is 7. The normalized spacial score (nSPS) is 12.1. The molecule has 0 aliphatic carbocycles. The summed E-state index contributed by atoms with van der Waals surface area (Å²) in [5.41, 5.74) is 5.48. The van der Waals surface area contributed by atoms with E-state index in [-0.39, 0.29) is 29.9 Å². The van der Waals surface area contributed by atoms with Crippen molar-refractivity contribution in [1.29, 1.82) is 0 Å². The third kappa shape index (κ3) is 4.04. The molecule has 0 radical (unpaired) electrons. The van der Waals surface area contributed by atoms with Gasteiger partial charge in [0.15, 0.2) is 0 Å². The second-order valence-corrected chi connectivity index (χ2v) is 4.03. The van der Waals surface area contributed by atoms with Gasteiger partial charge in [-0.3, -0.25) is 4.79 Å². The lowest BCUT2D eigenvalue weighted by molar-refractivity contribution is -0.122. The zero-order chi connectivity index (χ0) is 13.7. The van der Waals surface area contributed by atoms with Gasteiger partial charge in [-0.15, -0.1) is 0 Å². The summed E-state index contributed by atoms with van der Waals surface area (Å²) in [4.78, 5) is 23.2. The Bertz CT molecular complexity index is 423. The maximum atomic E-state index is 11.7. The first-order chi connectivity index (χ1) is 8.42. The van der Waals surface area contributed by atoms with Crippen LogP contribution in [0.4, 0.5) is 11.9 Å². The lowest BCUT2D eigenvalue weighted by Crippen LogP contribution is -2.41. The summed E-state index contributed by atoms with van der Waals surface area (Å²) in [6.07, 6.45) is 0. The number of amides is 1. The van der Waals surface area contributed by atoms with Crippen molar-refractivity contribution in [1.82, 2.24) is 20.3 Å². The zero-order valence-corrected chi connectivity index (χ0v) is 10.9. The zero-order valence-electron chi connectivity index (χ0n) is 10.9. The van der Waals surface area contributed by atoms with Crippen molar-refractivity contribution in [2.75, 3.05) is 18.2 Å². The maximum Gasteiger partial charge on any atom is 0.322 e. The van der Waals surface area contributed by atoms with Gasteiger partial charge >= 0.3 is 6.01 Å². The minimum atomic E-state index is -0.487. The molecule has 1 rings (SSSR count). The minimum Gasteiger partial charge on any atom is -0.467 e. The number of nitrogens with two attached hydrogens (primary N) is 1. The first-order valence-corrected chi connectivity index (χ1v) is 5.54. The molecule has 1 heterocycles. The number of ether oxygens (including phenoxy) is 1. The van der Waals surface area contributed by atoms with E-state index in [1.807, 2.05) is 13.8 Å². The lowest BCUT2D eigenvalue weighted by atomic mass is 10.3. The van der Waals surface area contributed by atoms with E-state index in [0.717, 1.165) is 0 Å². The first kappa shape index (κ1) is 13.9. The van der Waals surface area contributed by atoms with Crippen LogP contribution in [0.3, 0.4) is 0 Å². The lowest BCUT2D eigenvalue weighted by Gasteiger charge is -2.16. The van der Waals surface area contributed by atoms with Crippen LogP contribution >= 0.6 is 0 Å². The number of hydrogen-bond donors (Lipinski definition) is 3. The van der Waals surface area contributed by atoms with Gasteiger partial charge in [0.25, 0.3) is 0 Å². The van der Waals surface area contributed by atoms with E-state index in [2.05, 4.69) is 25.6 Å². The van der Waals surface area contributed by atoms with Crippen LogP contribution in [-0.2, 0) is 4.79 Å². The van der Waals surface area contributed by atoms with Gasteiger partial charge in [0.1, 0.15) is 6.04 Å². The van der Waals surface area contributed by atoms with Gasteiger partial charge in [-0.05, 0) is 20.8 Å². The maximum absolute atomic E-state index is 11.7. The van der Waals surface area contributed by atoms with Crippen molar-refractivity contribution in [3.8, 4) is 6.01 Å². The van der Waals surface area contributed by atoms with Crippen LogP contribution in [0.15, 0.2) is 0 Å². The molecule has 8 heteroatoms. The van der Waals surface area contributed by atoms with Gasteiger partial charge in [0.2, 0.25) is 17.8 Å². The van der Waals surface area contributed by atoms with Crippen LogP contribution in [0.2, 0.25) is 0 Å². The molecule has 0 spiro atoms. The quantitative estimate of drug-likeness (QED) is 0.665. The number of carbonyl (C=O) groups excluding carboxylic acids is 1. The molecule has 0 saturated heterocycles. The van der Waals surface area contributed by atoms with Crippen molar-refractivity contribution >= 4 is 17.8 Å². The second-order valence-electron chi connectivity index (χ2n) is 4.03. The fraction of sp³-hybridized carbons (Fsp3) is 0.600. The Balaban J connectivity index is 2.72. The van der Waals surface area contributed by atoms with Gasteiger partial charge in [0.05, 0.1) is 7.11 Å². The standard InChI is InChI=1S/C10H18N6O2/c1-5(2)12-7(17)6(3)13-9-14-8(11)15-10(16-9)18-4/h5-6H,1-4H3,(H,12,17)(H3,11,13,14,15,16). The SMILES string of the molecule is COc1nc(N)nc(NC(C)C(=O)NC(C)C)n1. The van der Waals surface area contributed by atoms with E-state index < -0.39 is 6.04 Å². The van der Waals surface area contributed by atoms with Gasteiger partial charge in [-0.1, -0.05) is 0 Å². The Kier molecular flexibility index (Phi) is 4.64. The Morgan fingerprint density at radius 1 is 1.28 bits per heavy atom. The molecule has 0 saturated carbocycles. The number of carbonyl (C=O) groups is 1. The molecule has 4 N–H and O–H groups in total. The highest BCUT2D eigenvalue weighted by Crippen LogP contribution is 2.09. The number of nitrogens with zero attached hydrogens (tertiary/aromatic N) is 3. The molecule has 1 unspecified atom stereocenters. The van der Waals surface area contributed by atoms with E-state index in [9.17, 15) is 4.79 Å². The van der Waals surface area contributed by atoms with Crippen LogP contribution in [0.25, 0.3) is 0 Å². The first-order valence-electron chi connectivity index (χ1n) is 5.54. The predicted molar refractivity (Wildman–Crippen MR) is 67.2 cm³/mol. The molecule has 0 bridgehead atoms. The number of rotatable bonds is 5. The smallest absolute Gasteiger partial charge is 0.322 e. The number of anilines is 2. The fourth-order valence-corrected chi connectivity index (χ4v) is 1.20. The Hall–Kier alpha value is -2.12. The summed E-state index contributed by atoms with van der Waals surface area (Å²) in [5.74, 6) is 0.0783. The largest absolute Gasteiger partial charge is 0.467 e. The third-order valence-electron chi connectivity index (χ3n) is 1.98. The summed E-state index contributed by atoms with van der Waals surface area (Å²) in [7, 11) is 1.42. The average Bonchev–Trinajstić information content (AvgIpc) is 2.27. The number of aromatic nitrogens is 3. The van der Waals surface area contributed by atoms with E-state index in [1.165, 1.54) is 7.11 Å². The molecule has 100 valence electrons. The molecule has 0 aliphatic rings. The van der Waals surface area contributed by atoms with Crippen LogP contribution in [0, 0.1) is 0 Å². The fourth-order valence-electron chi connectivity index (χ4n) is 1.20.